The molecule has 9 heteroatoms. The number of benzene rings is 2. The Morgan fingerprint density at radius 2 is 1.83 bits per heavy atom. The van der Waals surface area contributed by atoms with E-state index in [0.29, 0.717) is 22.2 Å². The molecule has 0 aromatic heterocycles. The number of nitrogens with zero attached hydrogens (tertiary/aromatic N) is 3. The van der Waals surface area contributed by atoms with Gasteiger partial charge in [-0.15, -0.1) is 0 Å². The number of hydrogen-bond acceptors (Lipinski definition) is 4. The first-order valence-corrected chi connectivity index (χ1v) is 9.67. The highest BCUT2D eigenvalue weighted by Gasteiger charge is 2.37. The maximum atomic E-state index is 13.0. The van der Waals surface area contributed by atoms with Gasteiger partial charge in [0.05, 0.1) is 18.3 Å². The minimum Gasteiger partial charge on any atom is -0.329 e. The lowest BCUT2D eigenvalue weighted by Gasteiger charge is -2.23. The molecule has 2 heterocycles. The molecule has 1 saturated heterocycles. The van der Waals surface area contributed by atoms with E-state index in [1.54, 1.807) is 18.2 Å². The van der Waals surface area contributed by atoms with Crippen LogP contribution in [0.2, 0.25) is 10.0 Å². The summed E-state index contributed by atoms with van der Waals surface area (Å²) in [5, 5.41) is 9.34. The Labute approximate surface area is 176 Å². The lowest BCUT2D eigenvalue weighted by Crippen LogP contribution is -2.41. The molecule has 2 aliphatic heterocycles. The van der Waals surface area contributed by atoms with Crippen LogP contribution in [0.5, 0.6) is 0 Å². The Hall–Kier alpha value is -2.90. The molecule has 148 valence electrons. The molecule has 0 radical (unpaired) electrons. The van der Waals surface area contributed by atoms with Gasteiger partial charge >= 0.3 is 6.03 Å². The Bertz CT molecular complexity index is 1010. The predicted molar refractivity (Wildman–Crippen MR) is 109 cm³/mol. The number of halogens is 2. The van der Waals surface area contributed by atoms with E-state index in [2.05, 4.69) is 10.4 Å². The maximum absolute atomic E-state index is 13.0. The second-order valence-corrected chi connectivity index (χ2v) is 7.52. The van der Waals surface area contributed by atoms with Crippen molar-refractivity contribution >= 4 is 46.8 Å². The van der Waals surface area contributed by atoms with Crippen molar-refractivity contribution < 1.29 is 14.4 Å². The van der Waals surface area contributed by atoms with Crippen LogP contribution in [-0.4, -0.2) is 46.6 Å². The molecule has 4 rings (SSSR count). The molecule has 7 nitrogen and oxygen atoms in total. The first-order valence-electron chi connectivity index (χ1n) is 8.92. The Kier molecular flexibility index (Phi) is 5.25. The van der Waals surface area contributed by atoms with Crippen LogP contribution in [0, 0.1) is 0 Å². The molecular weight excluding hydrogens is 415 g/mol. The molecule has 0 bridgehead atoms. The molecule has 1 fully saturated rings. The minimum atomic E-state index is -0.583. The van der Waals surface area contributed by atoms with E-state index in [-0.39, 0.29) is 13.1 Å². The van der Waals surface area contributed by atoms with Crippen LogP contribution in [0.4, 0.5) is 4.79 Å². The third-order valence-electron chi connectivity index (χ3n) is 4.84. The van der Waals surface area contributed by atoms with Gasteiger partial charge in [0.2, 0.25) is 0 Å². The number of urea groups is 1. The van der Waals surface area contributed by atoms with Gasteiger partial charge in [0.15, 0.2) is 0 Å². The first-order chi connectivity index (χ1) is 13.9. The zero-order valence-electron chi connectivity index (χ0n) is 15.1. The number of carbonyl (C=O) groups is 3. The fraction of sp³-hybridized carbons (Fsp3) is 0.200. The fourth-order valence-corrected chi connectivity index (χ4v) is 3.74. The third kappa shape index (κ3) is 3.83. The molecule has 4 amide bonds. The van der Waals surface area contributed by atoms with E-state index < -0.39 is 23.9 Å². The summed E-state index contributed by atoms with van der Waals surface area (Å²) >= 11 is 12.3. The van der Waals surface area contributed by atoms with Crippen LogP contribution >= 0.6 is 23.2 Å². The number of imide groups is 1. The predicted octanol–water partition coefficient (Wildman–Crippen LogP) is 3.22. The van der Waals surface area contributed by atoms with Gasteiger partial charge in [-0.3, -0.25) is 14.5 Å². The standard InChI is InChI=1S/C20H16Cl2N4O3/c21-13-7-5-12(6-8-13)17-9-16(14-3-1-2-4-15(14)22)24-26(17)19(28)11-25-18(27)10-23-20(25)29/h1-8,17H,9-11H2,(H,23,29). The van der Waals surface area contributed by atoms with Gasteiger partial charge < -0.3 is 5.32 Å². The summed E-state index contributed by atoms with van der Waals surface area (Å²) in [6.07, 6.45) is 0.442. The fourth-order valence-electron chi connectivity index (χ4n) is 3.37. The first kappa shape index (κ1) is 19.4. The van der Waals surface area contributed by atoms with E-state index >= 15 is 0 Å². The number of rotatable bonds is 4. The van der Waals surface area contributed by atoms with Crippen molar-refractivity contribution in [1.29, 1.82) is 0 Å². The average molecular weight is 431 g/mol. The van der Waals surface area contributed by atoms with Gasteiger partial charge in [-0.2, -0.15) is 5.10 Å². The molecule has 2 aromatic carbocycles. The molecule has 0 aliphatic carbocycles. The molecule has 1 atom stereocenters. The number of nitrogens with one attached hydrogen (secondary N) is 1. The molecule has 0 saturated carbocycles. The van der Waals surface area contributed by atoms with Crippen molar-refractivity contribution in [2.45, 2.75) is 12.5 Å². The third-order valence-corrected chi connectivity index (χ3v) is 5.42. The highest BCUT2D eigenvalue weighted by atomic mass is 35.5. The molecular formula is C20H16Cl2N4O3. The zero-order valence-corrected chi connectivity index (χ0v) is 16.7. The highest BCUT2D eigenvalue weighted by molar-refractivity contribution is 6.34. The molecule has 1 N–H and O–H groups in total. The molecule has 2 aliphatic rings. The van der Waals surface area contributed by atoms with Crippen molar-refractivity contribution in [1.82, 2.24) is 15.2 Å². The molecule has 1 unspecified atom stereocenters. The normalized spacial score (nSPS) is 18.8. The second-order valence-electron chi connectivity index (χ2n) is 6.67. The van der Waals surface area contributed by atoms with Crippen LogP contribution in [0.3, 0.4) is 0 Å². The molecule has 0 spiro atoms. The summed E-state index contributed by atoms with van der Waals surface area (Å²) in [5.41, 5.74) is 2.23. The summed E-state index contributed by atoms with van der Waals surface area (Å²) in [7, 11) is 0. The van der Waals surface area contributed by atoms with Gasteiger partial charge in [-0.25, -0.2) is 9.80 Å². The highest BCUT2D eigenvalue weighted by Crippen LogP contribution is 2.35. The average Bonchev–Trinajstić information content (AvgIpc) is 3.28. The van der Waals surface area contributed by atoms with Crippen LogP contribution in [-0.2, 0) is 9.59 Å². The van der Waals surface area contributed by atoms with Crippen molar-refractivity contribution in [3.63, 3.8) is 0 Å². The zero-order chi connectivity index (χ0) is 20.5. The molecule has 2 aromatic rings. The van der Waals surface area contributed by atoms with Crippen molar-refractivity contribution in [3.05, 3.63) is 69.7 Å². The smallest absolute Gasteiger partial charge is 0.325 e. The van der Waals surface area contributed by atoms with E-state index in [9.17, 15) is 14.4 Å². The quantitative estimate of drug-likeness (QED) is 0.755. The largest absolute Gasteiger partial charge is 0.329 e. The van der Waals surface area contributed by atoms with Gasteiger partial charge in [0, 0.05) is 22.0 Å². The Balaban J connectivity index is 1.66. The van der Waals surface area contributed by atoms with E-state index in [1.807, 2.05) is 30.3 Å². The van der Waals surface area contributed by atoms with E-state index in [1.165, 1.54) is 5.01 Å². The van der Waals surface area contributed by atoms with Crippen molar-refractivity contribution in [2.24, 2.45) is 5.10 Å². The summed E-state index contributed by atoms with van der Waals surface area (Å²) in [6.45, 7) is -0.491. The van der Waals surface area contributed by atoms with Crippen molar-refractivity contribution in [2.75, 3.05) is 13.1 Å². The van der Waals surface area contributed by atoms with Gasteiger partial charge in [0.1, 0.15) is 6.54 Å². The van der Waals surface area contributed by atoms with Gasteiger partial charge in [0.25, 0.3) is 11.8 Å². The summed E-state index contributed by atoms with van der Waals surface area (Å²) in [6, 6.07) is 13.4. The lowest BCUT2D eigenvalue weighted by atomic mass is 9.98. The van der Waals surface area contributed by atoms with Crippen LogP contribution in [0.15, 0.2) is 53.6 Å². The minimum absolute atomic E-state index is 0.110. The second kappa shape index (κ2) is 7.85. The van der Waals surface area contributed by atoms with Gasteiger partial charge in [-0.05, 0) is 23.8 Å². The summed E-state index contributed by atoms with van der Waals surface area (Å²) in [4.78, 5) is 37.6. The number of carbonyl (C=O) groups excluding carboxylic acids is 3. The maximum Gasteiger partial charge on any atom is 0.325 e. The number of hydrogen-bond donors (Lipinski definition) is 1. The Morgan fingerprint density at radius 3 is 2.48 bits per heavy atom. The summed E-state index contributed by atoms with van der Waals surface area (Å²) in [5.74, 6) is -0.904. The Morgan fingerprint density at radius 1 is 1.10 bits per heavy atom. The number of hydrazone groups is 1. The van der Waals surface area contributed by atoms with Crippen LogP contribution in [0.25, 0.3) is 0 Å². The topological polar surface area (TPSA) is 82.1 Å². The van der Waals surface area contributed by atoms with Gasteiger partial charge in [-0.1, -0.05) is 53.5 Å². The van der Waals surface area contributed by atoms with E-state index in [4.69, 9.17) is 23.2 Å². The van der Waals surface area contributed by atoms with Crippen LogP contribution < -0.4 is 5.32 Å². The summed E-state index contributed by atoms with van der Waals surface area (Å²) < 4.78 is 0. The monoisotopic (exact) mass is 430 g/mol. The van der Waals surface area contributed by atoms with Crippen molar-refractivity contribution in [3.8, 4) is 0 Å². The SMILES string of the molecule is O=C1CNC(=O)N1CC(=O)N1N=C(c2ccccc2Cl)CC1c1ccc(Cl)cc1. The lowest BCUT2D eigenvalue weighted by molar-refractivity contribution is -0.137. The number of amides is 4. The molecule has 29 heavy (non-hydrogen) atoms. The van der Waals surface area contributed by atoms with Crippen LogP contribution in [0.1, 0.15) is 23.6 Å². The van der Waals surface area contributed by atoms with E-state index in [0.717, 1.165) is 16.0 Å².